The zero-order valence-electron chi connectivity index (χ0n) is 6.12. The topological polar surface area (TPSA) is 20.3 Å². The molecule has 2 nitrogen and oxygen atoms in total. The van der Waals surface area contributed by atoms with Gasteiger partial charge in [-0.1, -0.05) is 12.7 Å². The average molecular weight is 167 g/mol. The molecule has 2 aliphatic rings. The third-order valence-corrected chi connectivity index (χ3v) is 3.18. The lowest BCUT2D eigenvalue weighted by Gasteiger charge is -2.42. The normalized spacial score (nSPS) is 28.7. The van der Waals surface area contributed by atoms with E-state index in [4.69, 9.17) is 0 Å². The third-order valence-electron chi connectivity index (χ3n) is 2.01. The minimum absolute atomic E-state index is 0.273. The number of hydrogen-bond donors (Lipinski definition) is 0. The molecule has 0 aromatic rings. The fraction of sp³-hybridized carbons (Fsp3) is 0.375. The molecule has 1 atom stereocenters. The van der Waals surface area contributed by atoms with Crippen LogP contribution in [-0.4, -0.2) is 22.7 Å². The van der Waals surface area contributed by atoms with Gasteiger partial charge in [-0.2, -0.15) is 0 Å². The molecule has 0 bridgehead atoms. The molecule has 1 amide bonds. The first-order valence-electron chi connectivity index (χ1n) is 3.57. The Morgan fingerprint density at radius 1 is 1.82 bits per heavy atom. The molecule has 0 aliphatic carbocycles. The number of carbonyl (C=O) groups is 1. The fourth-order valence-electron chi connectivity index (χ4n) is 1.25. The van der Waals surface area contributed by atoms with E-state index in [-0.39, 0.29) is 5.91 Å². The van der Waals surface area contributed by atoms with Gasteiger partial charge in [0, 0.05) is 6.54 Å². The second-order valence-corrected chi connectivity index (χ2v) is 3.77. The van der Waals surface area contributed by atoms with Gasteiger partial charge >= 0.3 is 0 Å². The summed E-state index contributed by atoms with van der Waals surface area (Å²) in [6, 6.07) is 0. The lowest BCUT2D eigenvalue weighted by atomic mass is 10.1. The Bertz CT molecular complexity index is 246. The summed E-state index contributed by atoms with van der Waals surface area (Å²) in [4.78, 5) is 12.9. The van der Waals surface area contributed by atoms with Crippen LogP contribution in [0, 0.1) is 0 Å². The number of thioether (sulfide) groups is 1. The summed E-state index contributed by atoms with van der Waals surface area (Å²) in [5, 5.41) is 2.52. The largest absolute Gasteiger partial charge is 0.325 e. The van der Waals surface area contributed by atoms with Gasteiger partial charge in [-0.25, -0.2) is 0 Å². The highest BCUT2D eigenvalue weighted by Gasteiger charge is 2.37. The predicted molar refractivity (Wildman–Crippen MR) is 46.0 cm³/mol. The molecular weight excluding hydrogens is 158 g/mol. The molecule has 0 saturated carbocycles. The molecule has 2 aliphatic heterocycles. The molecular formula is C8H9NOS. The molecule has 0 spiro atoms. The van der Waals surface area contributed by atoms with Gasteiger partial charge in [0.15, 0.2) is 0 Å². The van der Waals surface area contributed by atoms with Crippen molar-refractivity contribution >= 4 is 17.7 Å². The number of nitrogens with zero attached hydrogens (tertiary/aromatic N) is 1. The van der Waals surface area contributed by atoms with E-state index in [0.29, 0.717) is 11.8 Å². The lowest BCUT2D eigenvalue weighted by Crippen LogP contribution is -2.52. The standard InChI is InChI=1S/C8H9NOS/c1-2-6-4-9-7(10)3-8(9)11-5-6/h2,5,8H,1,3-4H2/t8-/m1/s1. The van der Waals surface area contributed by atoms with Crippen LogP contribution < -0.4 is 0 Å². The first kappa shape index (κ1) is 6.98. The predicted octanol–water partition coefficient (Wildman–Crippen LogP) is 1.36. The molecule has 0 N–H and O–H groups in total. The Hall–Kier alpha value is -0.700. The summed E-state index contributed by atoms with van der Waals surface area (Å²) >= 11 is 1.72. The maximum atomic E-state index is 11.0. The van der Waals surface area contributed by atoms with Crippen molar-refractivity contribution < 1.29 is 4.79 Å². The number of carbonyl (C=O) groups excluding carboxylic acids is 1. The third kappa shape index (κ3) is 0.997. The van der Waals surface area contributed by atoms with Gasteiger partial charge in [-0.3, -0.25) is 4.79 Å². The number of β-lactam (4-membered cyclic amide) rings is 1. The van der Waals surface area contributed by atoms with Gasteiger partial charge in [0.2, 0.25) is 5.91 Å². The average Bonchev–Trinajstić information content (AvgIpc) is 2.03. The van der Waals surface area contributed by atoms with Crippen molar-refractivity contribution in [3.63, 3.8) is 0 Å². The minimum atomic E-state index is 0.273. The van der Waals surface area contributed by atoms with Crippen LogP contribution in [0.2, 0.25) is 0 Å². The van der Waals surface area contributed by atoms with Crippen molar-refractivity contribution in [3.8, 4) is 0 Å². The highest BCUT2D eigenvalue weighted by Crippen LogP contribution is 2.35. The van der Waals surface area contributed by atoms with E-state index < -0.39 is 0 Å². The number of rotatable bonds is 1. The Morgan fingerprint density at radius 2 is 2.64 bits per heavy atom. The van der Waals surface area contributed by atoms with Crippen molar-refractivity contribution in [2.75, 3.05) is 6.54 Å². The van der Waals surface area contributed by atoms with E-state index in [2.05, 4.69) is 12.0 Å². The summed E-state index contributed by atoms with van der Waals surface area (Å²) in [7, 11) is 0. The van der Waals surface area contributed by atoms with Crippen LogP contribution in [0.3, 0.4) is 0 Å². The molecule has 1 fully saturated rings. The monoisotopic (exact) mass is 167 g/mol. The van der Waals surface area contributed by atoms with Gasteiger partial charge in [0.25, 0.3) is 0 Å². The summed E-state index contributed by atoms with van der Waals surface area (Å²) in [6.45, 7) is 4.44. The van der Waals surface area contributed by atoms with Gasteiger partial charge in [-0.05, 0) is 11.0 Å². The Morgan fingerprint density at radius 3 is 3.27 bits per heavy atom. The summed E-state index contributed by atoms with van der Waals surface area (Å²) < 4.78 is 0. The molecule has 2 heterocycles. The van der Waals surface area contributed by atoms with E-state index in [1.54, 1.807) is 11.8 Å². The number of fused-ring (bicyclic) bond motifs is 1. The van der Waals surface area contributed by atoms with E-state index in [1.165, 1.54) is 0 Å². The summed E-state index contributed by atoms with van der Waals surface area (Å²) in [5.74, 6) is 0.273. The van der Waals surface area contributed by atoms with Crippen LogP contribution in [0.5, 0.6) is 0 Å². The molecule has 11 heavy (non-hydrogen) atoms. The maximum absolute atomic E-state index is 11.0. The van der Waals surface area contributed by atoms with E-state index in [1.807, 2.05) is 11.0 Å². The number of hydrogen-bond acceptors (Lipinski definition) is 2. The summed E-state index contributed by atoms with van der Waals surface area (Å²) in [5.41, 5.74) is 1.15. The SMILES string of the molecule is C=CC1=CS[C@@H]2CC(=O)N2C1. The Labute approximate surface area is 69.9 Å². The highest BCUT2D eigenvalue weighted by atomic mass is 32.2. The van der Waals surface area contributed by atoms with Gasteiger partial charge in [0.05, 0.1) is 11.8 Å². The van der Waals surface area contributed by atoms with Crippen LogP contribution in [0.15, 0.2) is 23.6 Å². The molecule has 58 valence electrons. The lowest BCUT2D eigenvalue weighted by molar-refractivity contribution is -0.140. The zero-order valence-corrected chi connectivity index (χ0v) is 6.93. The van der Waals surface area contributed by atoms with Crippen LogP contribution in [0.4, 0.5) is 0 Å². The molecule has 0 aromatic heterocycles. The van der Waals surface area contributed by atoms with E-state index in [0.717, 1.165) is 12.1 Å². The van der Waals surface area contributed by atoms with Crippen molar-refractivity contribution in [1.29, 1.82) is 0 Å². The second kappa shape index (κ2) is 2.41. The van der Waals surface area contributed by atoms with Gasteiger partial charge in [-0.15, -0.1) is 11.8 Å². The van der Waals surface area contributed by atoms with Crippen LogP contribution in [-0.2, 0) is 4.79 Å². The van der Waals surface area contributed by atoms with Crippen molar-refractivity contribution in [2.45, 2.75) is 11.8 Å². The Balaban J connectivity index is 2.13. The van der Waals surface area contributed by atoms with Crippen molar-refractivity contribution in [3.05, 3.63) is 23.6 Å². The minimum Gasteiger partial charge on any atom is -0.325 e. The Kier molecular flexibility index (Phi) is 1.53. The number of amides is 1. The van der Waals surface area contributed by atoms with Crippen molar-refractivity contribution in [1.82, 2.24) is 4.90 Å². The molecule has 2 rings (SSSR count). The fourth-order valence-corrected chi connectivity index (χ4v) is 2.33. The van der Waals surface area contributed by atoms with Crippen LogP contribution in [0.1, 0.15) is 6.42 Å². The van der Waals surface area contributed by atoms with Crippen molar-refractivity contribution in [2.24, 2.45) is 0 Å². The van der Waals surface area contributed by atoms with Gasteiger partial charge in [0.1, 0.15) is 0 Å². The quantitative estimate of drug-likeness (QED) is 0.550. The van der Waals surface area contributed by atoms with E-state index in [9.17, 15) is 4.79 Å². The van der Waals surface area contributed by atoms with Crippen LogP contribution >= 0.6 is 11.8 Å². The zero-order chi connectivity index (χ0) is 7.84. The molecule has 0 radical (unpaired) electrons. The molecule has 1 saturated heterocycles. The molecule has 0 aromatic carbocycles. The smallest absolute Gasteiger partial charge is 0.226 e. The maximum Gasteiger partial charge on any atom is 0.226 e. The molecule has 3 heteroatoms. The summed E-state index contributed by atoms with van der Waals surface area (Å²) in [6.07, 6.45) is 2.53. The van der Waals surface area contributed by atoms with E-state index >= 15 is 0 Å². The second-order valence-electron chi connectivity index (χ2n) is 2.71. The first-order valence-corrected chi connectivity index (χ1v) is 4.52. The molecule has 0 unspecified atom stereocenters. The highest BCUT2D eigenvalue weighted by molar-refractivity contribution is 8.02. The first-order chi connectivity index (χ1) is 5.31. The van der Waals surface area contributed by atoms with Crippen LogP contribution in [0.25, 0.3) is 0 Å². The van der Waals surface area contributed by atoms with Gasteiger partial charge < -0.3 is 4.90 Å².